The SMILES string of the molecule is COc1cc(NC(=O)[C@H](C)Oc2ccccc2)c(C(=O)[O-])cc1OC. The Hall–Kier alpha value is -3.22. The van der Waals surface area contributed by atoms with Crippen molar-refractivity contribution in [3.05, 3.63) is 48.0 Å². The molecule has 0 aliphatic rings. The number of rotatable bonds is 7. The summed E-state index contributed by atoms with van der Waals surface area (Å²) in [5, 5.41) is 13.9. The van der Waals surface area contributed by atoms with Crippen molar-refractivity contribution in [2.45, 2.75) is 13.0 Å². The van der Waals surface area contributed by atoms with Crippen LogP contribution in [0.3, 0.4) is 0 Å². The Morgan fingerprint density at radius 1 is 1.04 bits per heavy atom. The van der Waals surface area contributed by atoms with Gasteiger partial charge in [0.25, 0.3) is 5.91 Å². The molecule has 0 fully saturated rings. The zero-order chi connectivity index (χ0) is 18.4. The molecule has 132 valence electrons. The molecule has 0 aromatic heterocycles. The number of hydrogen-bond acceptors (Lipinski definition) is 6. The molecule has 0 radical (unpaired) electrons. The number of methoxy groups -OCH3 is 2. The highest BCUT2D eigenvalue weighted by atomic mass is 16.5. The second-order valence-corrected chi connectivity index (χ2v) is 5.10. The van der Waals surface area contributed by atoms with Gasteiger partial charge in [0.2, 0.25) is 0 Å². The van der Waals surface area contributed by atoms with Gasteiger partial charge in [-0.3, -0.25) is 4.79 Å². The Morgan fingerprint density at radius 2 is 1.64 bits per heavy atom. The van der Waals surface area contributed by atoms with Gasteiger partial charge in [-0.1, -0.05) is 18.2 Å². The summed E-state index contributed by atoms with van der Waals surface area (Å²) in [7, 11) is 2.79. The molecule has 0 aliphatic carbocycles. The van der Waals surface area contributed by atoms with Crippen LogP contribution in [0.5, 0.6) is 17.2 Å². The number of anilines is 1. The number of carboxylic acid groups (broad SMARTS) is 1. The Balaban J connectivity index is 2.22. The quantitative estimate of drug-likeness (QED) is 0.817. The molecule has 0 saturated heterocycles. The monoisotopic (exact) mass is 344 g/mol. The molecular formula is C18H18NO6-. The largest absolute Gasteiger partial charge is 0.545 e. The fourth-order valence-electron chi connectivity index (χ4n) is 2.14. The number of aromatic carboxylic acids is 1. The minimum atomic E-state index is -1.45. The van der Waals surface area contributed by atoms with E-state index in [1.807, 2.05) is 6.07 Å². The number of hydrogen-bond donors (Lipinski definition) is 1. The number of carbonyl (C=O) groups excluding carboxylic acids is 2. The molecule has 1 amide bonds. The molecular weight excluding hydrogens is 326 g/mol. The van der Waals surface area contributed by atoms with E-state index in [2.05, 4.69) is 5.32 Å². The summed E-state index contributed by atoms with van der Waals surface area (Å²) < 4.78 is 15.7. The van der Waals surface area contributed by atoms with Crippen molar-refractivity contribution >= 4 is 17.6 Å². The van der Waals surface area contributed by atoms with Crippen molar-refractivity contribution in [3.8, 4) is 17.2 Å². The van der Waals surface area contributed by atoms with Crippen LogP contribution in [-0.2, 0) is 4.79 Å². The van der Waals surface area contributed by atoms with Gasteiger partial charge in [-0.15, -0.1) is 0 Å². The lowest BCUT2D eigenvalue weighted by Crippen LogP contribution is -2.32. The maximum absolute atomic E-state index is 12.3. The van der Waals surface area contributed by atoms with Crippen LogP contribution >= 0.6 is 0 Å². The van der Waals surface area contributed by atoms with Gasteiger partial charge in [0.15, 0.2) is 17.6 Å². The highest BCUT2D eigenvalue weighted by Crippen LogP contribution is 2.33. The maximum Gasteiger partial charge on any atom is 0.265 e. The standard InChI is InChI=1S/C18H19NO6/c1-11(25-12-7-5-4-6-8-12)17(20)19-14-10-16(24-3)15(23-2)9-13(14)18(21)22/h4-11H,1-3H3,(H,19,20)(H,21,22)/p-1/t11-/m0/s1. The molecule has 2 aromatic rings. The average molecular weight is 344 g/mol. The van der Waals surface area contributed by atoms with Crippen molar-refractivity contribution in [1.82, 2.24) is 0 Å². The third kappa shape index (κ3) is 4.41. The van der Waals surface area contributed by atoms with Crippen molar-refractivity contribution in [1.29, 1.82) is 0 Å². The lowest BCUT2D eigenvalue weighted by Gasteiger charge is -2.18. The summed E-state index contributed by atoms with van der Waals surface area (Å²) in [6, 6.07) is 11.4. The van der Waals surface area contributed by atoms with Gasteiger partial charge in [0.05, 0.1) is 25.9 Å². The van der Waals surface area contributed by atoms with Crippen molar-refractivity contribution in [2.75, 3.05) is 19.5 Å². The van der Waals surface area contributed by atoms with Gasteiger partial charge in [0.1, 0.15) is 5.75 Å². The van der Waals surface area contributed by atoms with Crippen LogP contribution in [0, 0.1) is 0 Å². The molecule has 0 saturated carbocycles. The van der Waals surface area contributed by atoms with E-state index in [1.165, 1.54) is 26.4 Å². The number of benzene rings is 2. The summed E-state index contributed by atoms with van der Waals surface area (Å²) in [6.45, 7) is 1.56. The van der Waals surface area contributed by atoms with E-state index >= 15 is 0 Å². The Kier molecular flexibility index (Phi) is 5.84. The molecule has 0 spiro atoms. The first-order valence-electron chi connectivity index (χ1n) is 7.46. The number of carbonyl (C=O) groups is 2. The van der Waals surface area contributed by atoms with Crippen LogP contribution < -0.4 is 24.6 Å². The molecule has 1 N–H and O–H groups in total. The van der Waals surface area contributed by atoms with Crippen molar-refractivity contribution < 1.29 is 28.9 Å². The van der Waals surface area contributed by atoms with Crippen LogP contribution in [0.4, 0.5) is 5.69 Å². The number of nitrogens with one attached hydrogen (secondary N) is 1. The fraction of sp³-hybridized carbons (Fsp3) is 0.222. The number of carboxylic acids is 1. The smallest absolute Gasteiger partial charge is 0.265 e. The van der Waals surface area contributed by atoms with Crippen LogP contribution in [0.25, 0.3) is 0 Å². The Labute approximate surface area is 145 Å². The topological polar surface area (TPSA) is 96.9 Å². The summed E-state index contributed by atoms with van der Waals surface area (Å²) in [5.41, 5.74) is -0.191. The molecule has 0 heterocycles. The van der Waals surface area contributed by atoms with Crippen LogP contribution in [0.2, 0.25) is 0 Å². The Bertz CT molecular complexity index is 760. The fourth-order valence-corrected chi connectivity index (χ4v) is 2.14. The van der Waals surface area contributed by atoms with Gasteiger partial charge in [0, 0.05) is 11.6 Å². The van der Waals surface area contributed by atoms with Crippen molar-refractivity contribution in [3.63, 3.8) is 0 Å². The average Bonchev–Trinajstić information content (AvgIpc) is 2.61. The molecule has 0 unspecified atom stereocenters. The first-order chi connectivity index (χ1) is 12.0. The minimum absolute atomic E-state index is 0.0335. The Morgan fingerprint density at radius 3 is 2.20 bits per heavy atom. The van der Waals surface area contributed by atoms with E-state index in [4.69, 9.17) is 14.2 Å². The zero-order valence-electron chi connectivity index (χ0n) is 14.1. The van der Waals surface area contributed by atoms with Gasteiger partial charge < -0.3 is 29.4 Å². The van der Waals surface area contributed by atoms with E-state index in [1.54, 1.807) is 31.2 Å². The third-order valence-electron chi connectivity index (χ3n) is 3.43. The third-order valence-corrected chi connectivity index (χ3v) is 3.43. The molecule has 7 nitrogen and oxygen atoms in total. The molecule has 0 aliphatic heterocycles. The van der Waals surface area contributed by atoms with Gasteiger partial charge in [-0.05, 0) is 25.1 Å². The highest BCUT2D eigenvalue weighted by Gasteiger charge is 2.19. The maximum atomic E-state index is 12.3. The van der Waals surface area contributed by atoms with E-state index in [0.29, 0.717) is 5.75 Å². The number of ether oxygens (including phenoxy) is 3. The predicted octanol–water partition coefficient (Wildman–Crippen LogP) is 1.47. The van der Waals surface area contributed by atoms with Gasteiger partial charge in [-0.25, -0.2) is 0 Å². The lowest BCUT2D eigenvalue weighted by atomic mass is 10.1. The van der Waals surface area contributed by atoms with Crippen LogP contribution in [0.1, 0.15) is 17.3 Å². The van der Waals surface area contributed by atoms with Crippen LogP contribution in [0.15, 0.2) is 42.5 Å². The first kappa shape index (κ1) is 18.1. The summed E-state index contributed by atoms with van der Waals surface area (Å²) in [4.78, 5) is 23.7. The molecule has 7 heteroatoms. The van der Waals surface area contributed by atoms with Crippen LogP contribution in [-0.4, -0.2) is 32.2 Å². The summed E-state index contributed by atoms with van der Waals surface area (Å²) in [6.07, 6.45) is -0.842. The second kappa shape index (κ2) is 8.05. The number of para-hydroxylation sites is 1. The van der Waals surface area contributed by atoms with E-state index in [9.17, 15) is 14.7 Å². The highest BCUT2D eigenvalue weighted by molar-refractivity contribution is 6.02. The lowest BCUT2D eigenvalue weighted by molar-refractivity contribution is -0.254. The van der Waals surface area contributed by atoms with Crippen molar-refractivity contribution in [2.24, 2.45) is 0 Å². The van der Waals surface area contributed by atoms with Gasteiger partial charge >= 0.3 is 0 Å². The molecule has 25 heavy (non-hydrogen) atoms. The number of amides is 1. The van der Waals surface area contributed by atoms with Gasteiger partial charge in [-0.2, -0.15) is 0 Å². The molecule has 1 atom stereocenters. The van der Waals surface area contributed by atoms with E-state index < -0.39 is 18.0 Å². The second-order valence-electron chi connectivity index (χ2n) is 5.10. The molecule has 2 rings (SSSR count). The zero-order valence-corrected chi connectivity index (χ0v) is 14.1. The summed E-state index contributed by atoms with van der Waals surface area (Å²) >= 11 is 0. The predicted molar refractivity (Wildman–Crippen MR) is 89.0 cm³/mol. The van der Waals surface area contributed by atoms with E-state index in [0.717, 1.165) is 0 Å². The van der Waals surface area contributed by atoms with E-state index in [-0.39, 0.29) is 22.7 Å². The summed E-state index contributed by atoms with van der Waals surface area (Å²) in [5.74, 6) is -0.947. The first-order valence-corrected chi connectivity index (χ1v) is 7.46. The minimum Gasteiger partial charge on any atom is -0.545 e. The molecule has 0 bridgehead atoms. The molecule has 2 aromatic carbocycles. The normalized spacial score (nSPS) is 11.3.